The molecule has 1 aliphatic rings. The molecule has 0 atom stereocenters. The van der Waals surface area contributed by atoms with Crippen LogP contribution >= 0.6 is 0 Å². The molecule has 0 saturated carbocycles. The van der Waals surface area contributed by atoms with Crippen LogP contribution in [0.25, 0.3) is 10.9 Å². The topological polar surface area (TPSA) is 94.6 Å². The molecule has 130 valence electrons. The SMILES string of the molecule is O=C(CN1CCCCCC1=O)N/N=C/c1cc2ccccc2[nH]c1=O. The van der Waals surface area contributed by atoms with E-state index in [1.165, 1.54) is 6.21 Å². The van der Waals surface area contributed by atoms with Gasteiger partial charge in [0.15, 0.2) is 0 Å². The Kier molecular flexibility index (Phi) is 5.23. The molecule has 1 aromatic carbocycles. The van der Waals surface area contributed by atoms with Crippen LogP contribution in [0.3, 0.4) is 0 Å². The van der Waals surface area contributed by atoms with Crippen LogP contribution in [-0.4, -0.2) is 41.0 Å². The largest absolute Gasteiger partial charge is 0.333 e. The Hall–Kier alpha value is -2.96. The molecule has 7 nitrogen and oxygen atoms in total. The lowest BCUT2D eigenvalue weighted by atomic mass is 10.2. The molecule has 2 N–H and O–H groups in total. The molecule has 7 heteroatoms. The number of benzene rings is 1. The molecule has 1 aromatic heterocycles. The Balaban J connectivity index is 1.62. The number of amides is 2. The molecule has 0 unspecified atom stereocenters. The van der Waals surface area contributed by atoms with Gasteiger partial charge in [-0.3, -0.25) is 14.4 Å². The van der Waals surface area contributed by atoms with Crippen molar-refractivity contribution in [2.45, 2.75) is 25.7 Å². The first-order chi connectivity index (χ1) is 12.1. The smallest absolute Gasteiger partial charge is 0.259 e. The predicted octanol–water partition coefficient (Wildman–Crippen LogP) is 1.38. The zero-order valence-electron chi connectivity index (χ0n) is 13.8. The van der Waals surface area contributed by atoms with E-state index in [4.69, 9.17) is 0 Å². The summed E-state index contributed by atoms with van der Waals surface area (Å²) in [6, 6.07) is 9.13. The van der Waals surface area contributed by atoms with Crippen molar-refractivity contribution < 1.29 is 9.59 Å². The van der Waals surface area contributed by atoms with E-state index in [2.05, 4.69) is 15.5 Å². The molecule has 0 bridgehead atoms. The van der Waals surface area contributed by atoms with Crippen LogP contribution in [0, 0.1) is 0 Å². The summed E-state index contributed by atoms with van der Waals surface area (Å²) in [6.45, 7) is 0.588. The Morgan fingerprint density at radius 2 is 2.08 bits per heavy atom. The number of carbonyl (C=O) groups is 2. The molecular formula is C18H20N4O3. The van der Waals surface area contributed by atoms with Gasteiger partial charge in [-0.1, -0.05) is 24.6 Å². The molecule has 25 heavy (non-hydrogen) atoms. The van der Waals surface area contributed by atoms with Gasteiger partial charge in [0.1, 0.15) is 6.54 Å². The summed E-state index contributed by atoms with van der Waals surface area (Å²) in [5, 5.41) is 4.72. The second kappa shape index (κ2) is 7.74. The second-order valence-corrected chi connectivity index (χ2v) is 6.06. The van der Waals surface area contributed by atoms with Gasteiger partial charge < -0.3 is 9.88 Å². The normalized spacial score (nSPS) is 15.5. The van der Waals surface area contributed by atoms with E-state index >= 15 is 0 Å². The van der Waals surface area contributed by atoms with E-state index in [-0.39, 0.29) is 23.9 Å². The first-order valence-corrected chi connectivity index (χ1v) is 8.35. The molecule has 2 heterocycles. The Morgan fingerprint density at radius 3 is 2.96 bits per heavy atom. The predicted molar refractivity (Wildman–Crippen MR) is 95.4 cm³/mol. The number of nitrogens with zero attached hydrogens (tertiary/aromatic N) is 2. The molecule has 0 radical (unpaired) electrons. The molecule has 0 spiro atoms. The van der Waals surface area contributed by atoms with Crippen LogP contribution in [0.5, 0.6) is 0 Å². The molecule has 3 rings (SSSR count). The van der Waals surface area contributed by atoms with E-state index in [1.54, 1.807) is 11.0 Å². The number of hydrazone groups is 1. The summed E-state index contributed by atoms with van der Waals surface area (Å²) < 4.78 is 0. The Bertz CT molecular complexity index is 872. The number of pyridine rings is 1. The molecule has 0 aliphatic carbocycles. The van der Waals surface area contributed by atoms with Gasteiger partial charge in [-0.25, -0.2) is 5.43 Å². The van der Waals surface area contributed by atoms with Crippen LogP contribution in [0.4, 0.5) is 0 Å². The van der Waals surface area contributed by atoms with Crippen molar-refractivity contribution >= 4 is 28.9 Å². The number of rotatable bonds is 4. The first-order valence-electron chi connectivity index (χ1n) is 8.35. The van der Waals surface area contributed by atoms with Crippen molar-refractivity contribution in [1.82, 2.24) is 15.3 Å². The van der Waals surface area contributed by atoms with Crippen molar-refractivity contribution in [3.8, 4) is 0 Å². The zero-order chi connectivity index (χ0) is 17.6. The van der Waals surface area contributed by atoms with Gasteiger partial charge in [0, 0.05) is 18.5 Å². The number of aromatic amines is 1. The summed E-state index contributed by atoms with van der Waals surface area (Å²) in [6.07, 6.45) is 4.60. The standard InChI is InChI=1S/C18H20N4O3/c23-16(12-22-9-5-1-2-8-17(22)24)21-19-11-14-10-13-6-3-4-7-15(13)20-18(14)25/h3-4,6-7,10-11H,1-2,5,8-9,12H2,(H,20,25)(H,21,23)/b19-11+. The highest BCUT2D eigenvalue weighted by atomic mass is 16.2. The van der Waals surface area contributed by atoms with Crippen molar-refractivity contribution in [2.75, 3.05) is 13.1 Å². The van der Waals surface area contributed by atoms with Crippen LogP contribution in [0.15, 0.2) is 40.2 Å². The zero-order valence-corrected chi connectivity index (χ0v) is 13.8. The highest BCUT2D eigenvalue weighted by Gasteiger charge is 2.18. The lowest BCUT2D eigenvalue weighted by Crippen LogP contribution is -2.39. The monoisotopic (exact) mass is 340 g/mol. The summed E-state index contributed by atoms with van der Waals surface area (Å²) in [4.78, 5) is 40.1. The maximum absolute atomic E-state index is 12.0. The minimum absolute atomic E-state index is 0.00241. The molecule has 1 fully saturated rings. The van der Waals surface area contributed by atoms with Gasteiger partial charge in [0.2, 0.25) is 5.91 Å². The third-order valence-corrected chi connectivity index (χ3v) is 4.18. The van der Waals surface area contributed by atoms with Crippen molar-refractivity contribution in [1.29, 1.82) is 0 Å². The number of H-pyrrole nitrogens is 1. The number of hydrogen-bond donors (Lipinski definition) is 2. The van der Waals surface area contributed by atoms with Crippen molar-refractivity contribution in [3.63, 3.8) is 0 Å². The Morgan fingerprint density at radius 1 is 1.24 bits per heavy atom. The van der Waals surface area contributed by atoms with Gasteiger partial charge in [0.25, 0.3) is 11.5 Å². The van der Waals surface area contributed by atoms with E-state index in [9.17, 15) is 14.4 Å². The van der Waals surface area contributed by atoms with Crippen LogP contribution in [0.1, 0.15) is 31.2 Å². The summed E-state index contributed by atoms with van der Waals surface area (Å²) in [7, 11) is 0. The number of para-hydroxylation sites is 1. The van der Waals surface area contributed by atoms with E-state index in [0.29, 0.717) is 18.5 Å². The fourth-order valence-electron chi connectivity index (χ4n) is 2.85. The number of fused-ring (bicyclic) bond motifs is 1. The minimum Gasteiger partial charge on any atom is -0.333 e. The second-order valence-electron chi connectivity index (χ2n) is 6.06. The fourth-order valence-corrected chi connectivity index (χ4v) is 2.85. The quantitative estimate of drug-likeness (QED) is 0.650. The van der Waals surface area contributed by atoms with Gasteiger partial charge in [-0.05, 0) is 30.4 Å². The first kappa shape index (κ1) is 16.9. The van der Waals surface area contributed by atoms with Gasteiger partial charge in [-0.2, -0.15) is 5.10 Å². The van der Waals surface area contributed by atoms with E-state index < -0.39 is 0 Å². The minimum atomic E-state index is -0.372. The number of hydrogen-bond acceptors (Lipinski definition) is 4. The van der Waals surface area contributed by atoms with E-state index in [0.717, 1.165) is 30.2 Å². The molecule has 1 aliphatic heterocycles. The van der Waals surface area contributed by atoms with Crippen molar-refractivity contribution in [3.05, 3.63) is 46.2 Å². The third kappa shape index (κ3) is 4.32. The fraction of sp³-hybridized carbons (Fsp3) is 0.333. The van der Waals surface area contributed by atoms with Gasteiger partial charge in [0.05, 0.1) is 11.8 Å². The van der Waals surface area contributed by atoms with Gasteiger partial charge >= 0.3 is 0 Å². The Labute approximate surface area is 144 Å². The molecular weight excluding hydrogens is 320 g/mol. The molecule has 2 amide bonds. The molecule has 1 saturated heterocycles. The third-order valence-electron chi connectivity index (χ3n) is 4.18. The summed E-state index contributed by atoms with van der Waals surface area (Å²) >= 11 is 0. The van der Waals surface area contributed by atoms with Gasteiger partial charge in [-0.15, -0.1) is 0 Å². The lowest BCUT2D eigenvalue weighted by molar-refractivity contribution is -0.135. The highest BCUT2D eigenvalue weighted by Crippen LogP contribution is 2.11. The van der Waals surface area contributed by atoms with Crippen molar-refractivity contribution in [2.24, 2.45) is 5.10 Å². The summed E-state index contributed by atoms with van der Waals surface area (Å²) in [5.41, 5.74) is 3.20. The number of likely N-dealkylation sites (tertiary alicyclic amines) is 1. The van der Waals surface area contributed by atoms with Crippen LogP contribution in [0.2, 0.25) is 0 Å². The number of carbonyl (C=O) groups excluding carboxylic acids is 2. The number of aromatic nitrogens is 1. The average molecular weight is 340 g/mol. The van der Waals surface area contributed by atoms with Crippen LogP contribution < -0.4 is 11.0 Å². The molecule has 2 aromatic rings. The number of nitrogens with one attached hydrogen (secondary N) is 2. The lowest BCUT2D eigenvalue weighted by Gasteiger charge is -2.18. The average Bonchev–Trinajstić information content (AvgIpc) is 2.80. The van der Waals surface area contributed by atoms with E-state index in [1.807, 2.05) is 24.3 Å². The van der Waals surface area contributed by atoms with Crippen LogP contribution in [-0.2, 0) is 9.59 Å². The maximum atomic E-state index is 12.0. The highest BCUT2D eigenvalue weighted by molar-refractivity contribution is 5.89. The maximum Gasteiger partial charge on any atom is 0.259 e. The summed E-state index contributed by atoms with van der Waals surface area (Å²) in [5.74, 6) is -0.369.